The zero-order valence-corrected chi connectivity index (χ0v) is 14.6. The van der Waals surface area contributed by atoms with Crippen LogP contribution in [-0.4, -0.2) is 47.0 Å². The molecular formula is C17H29N3O3. The number of aliphatic imine (C=N–C) groups is 1. The zero-order chi connectivity index (χ0) is 16.9. The van der Waals surface area contributed by atoms with Gasteiger partial charge in [0.25, 0.3) is 0 Å². The Hall–Kier alpha value is -1.95. The number of unbranched alkanes of at least 4 members (excludes halogenated alkanes) is 2. The van der Waals surface area contributed by atoms with Crippen molar-refractivity contribution in [3.63, 3.8) is 0 Å². The first-order valence-corrected chi connectivity index (χ1v) is 8.02. The van der Waals surface area contributed by atoms with E-state index in [2.05, 4.69) is 15.6 Å². The topological polar surface area (TPSA) is 64.1 Å². The minimum absolute atomic E-state index is 0.607. The van der Waals surface area contributed by atoms with Crippen molar-refractivity contribution in [2.45, 2.75) is 26.2 Å². The number of nitrogens with zero attached hydrogens (tertiary/aromatic N) is 1. The monoisotopic (exact) mass is 323 g/mol. The van der Waals surface area contributed by atoms with Gasteiger partial charge in [0.15, 0.2) is 17.5 Å². The lowest BCUT2D eigenvalue weighted by molar-refractivity contribution is 0.192. The summed E-state index contributed by atoms with van der Waals surface area (Å²) in [5, 5.41) is 6.55. The molecule has 0 radical (unpaired) electrons. The van der Waals surface area contributed by atoms with Gasteiger partial charge in [-0.25, -0.2) is 0 Å². The highest BCUT2D eigenvalue weighted by atomic mass is 16.5. The highest BCUT2D eigenvalue weighted by molar-refractivity contribution is 5.93. The average molecular weight is 323 g/mol. The number of guanidine groups is 1. The number of ether oxygens (including phenoxy) is 3. The van der Waals surface area contributed by atoms with E-state index in [1.54, 1.807) is 21.3 Å². The summed E-state index contributed by atoms with van der Waals surface area (Å²) >= 11 is 0. The Kier molecular flexibility index (Phi) is 9.63. The molecule has 0 heterocycles. The van der Waals surface area contributed by atoms with Crippen molar-refractivity contribution in [2.24, 2.45) is 4.99 Å². The van der Waals surface area contributed by atoms with Crippen LogP contribution < -0.4 is 20.1 Å². The van der Waals surface area contributed by atoms with Gasteiger partial charge in [0.05, 0.1) is 13.7 Å². The Morgan fingerprint density at radius 2 is 1.96 bits per heavy atom. The van der Waals surface area contributed by atoms with Crippen molar-refractivity contribution in [3.8, 4) is 11.5 Å². The van der Waals surface area contributed by atoms with Gasteiger partial charge >= 0.3 is 0 Å². The van der Waals surface area contributed by atoms with Crippen molar-refractivity contribution in [3.05, 3.63) is 18.2 Å². The molecule has 0 amide bonds. The van der Waals surface area contributed by atoms with Gasteiger partial charge in [-0.05, 0) is 38.3 Å². The third kappa shape index (κ3) is 7.23. The van der Waals surface area contributed by atoms with Gasteiger partial charge in [0, 0.05) is 39.1 Å². The quantitative estimate of drug-likeness (QED) is 0.394. The van der Waals surface area contributed by atoms with E-state index in [1.807, 2.05) is 25.1 Å². The highest BCUT2D eigenvalue weighted by Crippen LogP contribution is 2.30. The van der Waals surface area contributed by atoms with Crippen LogP contribution in [0.4, 0.5) is 5.69 Å². The van der Waals surface area contributed by atoms with E-state index in [1.165, 1.54) is 0 Å². The minimum Gasteiger partial charge on any atom is -0.493 e. The van der Waals surface area contributed by atoms with E-state index in [9.17, 15) is 0 Å². The molecule has 0 aromatic heterocycles. The molecule has 0 aliphatic carbocycles. The van der Waals surface area contributed by atoms with Gasteiger partial charge in [-0.3, -0.25) is 4.99 Å². The third-order valence-corrected chi connectivity index (χ3v) is 3.27. The van der Waals surface area contributed by atoms with E-state index in [4.69, 9.17) is 14.2 Å². The number of hydrogen-bond acceptors (Lipinski definition) is 4. The number of hydrogen-bond donors (Lipinski definition) is 2. The van der Waals surface area contributed by atoms with E-state index >= 15 is 0 Å². The molecule has 0 aliphatic heterocycles. The van der Waals surface area contributed by atoms with Crippen LogP contribution in [0.25, 0.3) is 0 Å². The molecule has 2 N–H and O–H groups in total. The summed E-state index contributed by atoms with van der Waals surface area (Å²) in [6, 6.07) is 5.73. The van der Waals surface area contributed by atoms with Gasteiger partial charge in [0.1, 0.15) is 0 Å². The first kappa shape index (κ1) is 19.1. The van der Waals surface area contributed by atoms with Crippen molar-refractivity contribution in [1.82, 2.24) is 5.32 Å². The number of methoxy groups -OCH3 is 2. The van der Waals surface area contributed by atoms with Crippen molar-refractivity contribution >= 4 is 11.6 Å². The molecule has 6 heteroatoms. The molecule has 0 saturated carbocycles. The van der Waals surface area contributed by atoms with Crippen molar-refractivity contribution in [2.75, 3.05) is 46.3 Å². The third-order valence-electron chi connectivity index (χ3n) is 3.27. The summed E-state index contributed by atoms with van der Waals surface area (Å²) in [5.74, 6) is 2.18. The molecule has 6 nitrogen and oxygen atoms in total. The van der Waals surface area contributed by atoms with Crippen molar-refractivity contribution in [1.29, 1.82) is 0 Å². The average Bonchev–Trinajstić information content (AvgIpc) is 2.58. The van der Waals surface area contributed by atoms with Crippen LogP contribution in [0.15, 0.2) is 23.2 Å². The maximum absolute atomic E-state index is 5.52. The van der Waals surface area contributed by atoms with Crippen LogP contribution in [-0.2, 0) is 4.74 Å². The molecule has 0 unspecified atom stereocenters. The Morgan fingerprint density at radius 1 is 1.13 bits per heavy atom. The molecule has 0 bridgehead atoms. The second kappa shape index (κ2) is 11.6. The van der Waals surface area contributed by atoms with Gasteiger partial charge in [0.2, 0.25) is 0 Å². The van der Waals surface area contributed by atoms with Crippen molar-refractivity contribution < 1.29 is 14.2 Å². The molecule has 1 aromatic carbocycles. The van der Waals surface area contributed by atoms with Gasteiger partial charge in [-0.15, -0.1) is 0 Å². The predicted molar refractivity (Wildman–Crippen MR) is 94.9 cm³/mol. The van der Waals surface area contributed by atoms with E-state index in [-0.39, 0.29) is 0 Å². The lowest BCUT2D eigenvalue weighted by atomic mass is 10.2. The van der Waals surface area contributed by atoms with E-state index < -0.39 is 0 Å². The number of anilines is 1. The van der Waals surface area contributed by atoms with Crippen LogP contribution in [0.3, 0.4) is 0 Å². The molecule has 0 saturated heterocycles. The van der Waals surface area contributed by atoms with Gasteiger partial charge in [-0.1, -0.05) is 0 Å². The maximum atomic E-state index is 5.52. The largest absolute Gasteiger partial charge is 0.493 e. The lowest BCUT2D eigenvalue weighted by Crippen LogP contribution is -2.31. The Morgan fingerprint density at radius 3 is 2.61 bits per heavy atom. The molecule has 0 atom stereocenters. The normalized spacial score (nSPS) is 11.2. The standard InChI is InChI=1S/C17H29N3O3/c1-5-23-15-10-9-14(13-16(15)22-4)20-17(18-2)19-11-7-6-8-12-21-3/h9-10,13H,5-8,11-12H2,1-4H3,(H2,18,19,20). The minimum atomic E-state index is 0.607. The zero-order valence-electron chi connectivity index (χ0n) is 14.6. The Balaban J connectivity index is 2.49. The SMILES string of the molecule is CCOc1ccc(NC(=NC)NCCCCCOC)cc1OC. The molecule has 1 rings (SSSR count). The summed E-state index contributed by atoms with van der Waals surface area (Å²) in [7, 11) is 5.12. The highest BCUT2D eigenvalue weighted by Gasteiger charge is 2.06. The van der Waals surface area contributed by atoms with Crippen LogP contribution in [0.2, 0.25) is 0 Å². The summed E-state index contributed by atoms with van der Waals surface area (Å²) < 4.78 is 15.9. The second-order valence-electron chi connectivity index (χ2n) is 4.98. The maximum Gasteiger partial charge on any atom is 0.195 e. The van der Waals surface area contributed by atoms with Crippen LogP contribution >= 0.6 is 0 Å². The molecule has 1 aromatic rings. The lowest BCUT2D eigenvalue weighted by Gasteiger charge is -2.14. The Labute approximate surface area is 139 Å². The van der Waals surface area contributed by atoms with E-state index in [0.717, 1.165) is 49.8 Å². The summed E-state index contributed by atoms with van der Waals surface area (Å²) in [6.45, 7) is 4.25. The number of rotatable bonds is 10. The summed E-state index contributed by atoms with van der Waals surface area (Å²) in [5.41, 5.74) is 0.901. The molecule has 130 valence electrons. The molecule has 0 aliphatic rings. The fourth-order valence-corrected chi connectivity index (χ4v) is 2.09. The fourth-order valence-electron chi connectivity index (χ4n) is 2.09. The second-order valence-corrected chi connectivity index (χ2v) is 4.98. The van der Waals surface area contributed by atoms with Gasteiger partial charge in [-0.2, -0.15) is 0 Å². The number of benzene rings is 1. The first-order valence-electron chi connectivity index (χ1n) is 8.02. The van der Waals surface area contributed by atoms with E-state index in [0.29, 0.717) is 12.4 Å². The molecule has 23 heavy (non-hydrogen) atoms. The fraction of sp³-hybridized carbons (Fsp3) is 0.588. The predicted octanol–water partition coefficient (Wildman–Crippen LogP) is 2.90. The molecule has 0 fully saturated rings. The smallest absolute Gasteiger partial charge is 0.195 e. The van der Waals surface area contributed by atoms with Crippen LogP contribution in [0.5, 0.6) is 11.5 Å². The summed E-state index contributed by atoms with van der Waals surface area (Å²) in [6.07, 6.45) is 3.30. The van der Waals surface area contributed by atoms with Gasteiger partial charge < -0.3 is 24.8 Å². The first-order chi connectivity index (χ1) is 11.2. The molecular weight excluding hydrogens is 294 g/mol. The molecule has 0 spiro atoms. The summed E-state index contributed by atoms with van der Waals surface area (Å²) in [4.78, 5) is 4.23. The van der Waals surface area contributed by atoms with Crippen LogP contribution in [0.1, 0.15) is 26.2 Å². The van der Waals surface area contributed by atoms with Crippen LogP contribution in [0, 0.1) is 0 Å². The Bertz CT molecular complexity index is 478. The number of nitrogens with one attached hydrogen (secondary N) is 2.